The van der Waals surface area contributed by atoms with Gasteiger partial charge in [0.25, 0.3) is 0 Å². The molecule has 1 atom stereocenters. The SMILES string of the molecule is CCCCC(CC)COC(=O)c1cc(S(N)(=O)=O)c(Br)o1. The molecule has 0 aliphatic heterocycles. The van der Waals surface area contributed by atoms with Crippen LogP contribution in [-0.2, 0) is 14.8 Å². The first-order valence-electron chi connectivity index (χ1n) is 6.78. The second-order valence-corrected chi connectivity index (χ2v) is 7.06. The molecule has 120 valence electrons. The Morgan fingerprint density at radius 2 is 2.14 bits per heavy atom. The molecule has 1 aromatic heterocycles. The molecule has 1 aromatic rings. The van der Waals surface area contributed by atoms with Crippen LogP contribution in [0.2, 0.25) is 0 Å². The van der Waals surface area contributed by atoms with E-state index in [0.717, 1.165) is 31.7 Å². The monoisotopic (exact) mass is 381 g/mol. The molecule has 0 fully saturated rings. The third kappa shape index (κ3) is 5.44. The van der Waals surface area contributed by atoms with E-state index in [4.69, 9.17) is 14.3 Å². The predicted molar refractivity (Wildman–Crippen MR) is 81.4 cm³/mol. The van der Waals surface area contributed by atoms with Gasteiger partial charge in [-0.3, -0.25) is 0 Å². The van der Waals surface area contributed by atoms with Gasteiger partial charge in [-0.05, 0) is 28.3 Å². The number of nitrogens with two attached hydrogens (primary N) is 1. The molecule has 6 nitrogen and oxygen atoms in total. The van der Waals surface area contributed by atoms with Crippen molar-refractivity contribution in [3.8, 4) is 0 Å². The van der Waals surface area contributed by atoms with Crippen molar-refractivity contribution >= 4 is 31.9 Å². The van der Waals surface area contributed by atoms with Gasteiger partial charge in [0.1, 0.15) is 4.90 Å². The smallest absolute Gasteiger partial charge is 0.374 e. The van der Waals surface area contributed by atoms with Crippen LogP contribution in [0.4, 0.5) is 0 Å². The number of furan rings is 1. The van der Waals surface area contributed by atoms with Crippen molar-refractivity contribution in [2.24, 2.45) is 11.1 Å². The largest absolute Gasteiger partial charge is 0.460 e. The van der Waals surface area contributed by atoms with E-state index in [-0.39, 0.29) is 15.3 Å². The highest BCUT2D eigenvalue weighted by Gasteiger charge is 2.23. The molecule has 0 bridgehead atoms. The first-order chi connectivity index (χ1) is 9.79. The number of esters is 1. The fourth-order valence-electron chi connectivity index (χ4n) is 1.81. The van der Waals surface area contributed by atoms with Crippen LogP contribution in [-0.4, -0.2) is 21.0 Å². The summed E-state index contributed by atoms with van der Waals surface area (Å²) in [5, 5.41) is 5.00. The number of halogens is 1. The van der Waals surface area contributed by atoms with E-state index in [1.807, 2.05) is 6.92 Å². The molecule has 0 spiro atoms. The van der Waals surface area contributed by atoms with Crippen LogP contribution in [0.3, 0.4) is 0 Å². The lowest BCUT2D eigenvalue weighted by Gasteiger charge is -2.13. The Morgan fingerprint density at radius 3 is 2.62 bits per heavy atom. The van der Waals surface area contributed by atoms with Crippen LogP contribution < -0.4 is 5.14 Å². The summed E-state index contributed by atoms with van der Waals surface area (Å²) in [6.45, 7) is 4.43. The molecule has 1 rings (SSSR count). The molecule has 0 amide bonds. The van der Waals surface area contributed by atoms with Gasteiger partial charge in [-0.15, -0.1) is 0 Å². The van der Waals surface area contributed by atoms with Gasteiger partial charge >= 0.3 is 5.97 Å². The highest BCUT2D eigenvalue weighted by Crippen LogP contribution is 2.25. The summed E-state index contributed by atoms with van der Waals surface area (Å²) >= 11 is 2.92. The maximum atomic E-state index is 11.9. The summed E-state index contributed by atoms with van der Waals surface area (Å²) in [5.41, 5.74) is 0. The van der Waals surface area contributed by atoms with Gasteiger partial charge in [0.05, 0.1) is 6.61 Å². The van der Waals surface area contributed by atoms with Gasteiger partial charge in [-0.25, -0.2) is 18.4 Å². The lowest BCUT2D eigenvalue weighted by molar-refractivity contribution is 0.0391. The Hall–Kier alpha value is -0.860. The minimum atomic E-state index is -3.94. The standard InChI is InChI=1S/C13H20BrNO5S/c1-3-5-6-9(4-2)8-19-13(16)10-7-11(12(14)20-10)21(15,17)18/h7,9H,3-6,8H2,1-2H3,(H2,15,17,18). The minimum Gasteiger partial charge on any atom is -0.460 e. The van der Waals surface area contributed by atoms with Gasteiger partial charge in [0.2, 0.25) is 15.8 Å². The molecule has 2 N–H and O–H groups in total. The fraction of sp³-hybridized carbons (Fsp3) is 0.615. The lowest BCUT2D eigenvalue weighted by atomic mass is 10.0. The van der Waals surface area contributed by atoms with Gasteiger partial charge in [0, 0.05) is 6.07 Å². The maximum absolute atomic E-state index is 11.9. The number of rotatable bonds is 8. The maximum Gasteiger partial charge on any atom is 0.374 e. The predicted octanol–water partition coefficient (Wildman–Crippen LogP) is 3.06. The molecule has 1 heterocycles. The zero-order valence-corrected chi connectivity index (χ0v) is 14.5. The molecular formula is C13H20BrNO5S. The molecule has 1 unspecified atom stereocenters. The van der Waals surface area contributed by atoms with Crippen molar-refractivity contribution in [2.45, 2.75) is 44.4 Å². The van der Waals surface area contributed by atoms with Crippen molar-refractivity contribution in [3.63, 3.8) is 0 Å². The average molecular weight is 382 g/mol. The molecule has 21 heavy (non-hydrogen) atoms. The highest BCUT2D eigenvalue weighted by molar-refractivity contribution is 9.10. The van der Waals surface area contributed by atoms with Crippen LogP contribution >= 0.6 is 15.9 Å². The first-order valence-corrected chi connectivity index (χ1v) is 9.12. The lowest BCUT2D eigenvalue weighted by Crippen LogP contribution is -2.14. The van der Waals surface area contributed by atoms with Gasteiger partial charge < -0.3 is 9.15 Å². The van der Waals surface area contributed by atoms with Crippen LogP contribution in [0.15, 0.2) is 20.0 Å². The topological polar surface area (TPSA) is 99.6 Å². The summed E-state index contributed by atoms with van der Waals surface area (Å²) in [5.74, 6) is -0.582. The normalized spacial score (nSPS) is 13.1. The van der Waals surface area contributed by atoms with Crippen LogP contribution in [0.1, 0.15) is 50.1 Å². The second kappa shape index (κ2) is 7.95. The van der Waals surface area contributed by atoms with Crippen LogP contribution in [0.25, 0.3) is 0 Å². The Balaban J connectivity index is 2.68. The Bertz CT molecular complexity index is 581. The number of carbonyl (C=O) groups excluding carboxylic acids is 1. The number of unbranched alkanes of at least 4 members (excludes halogenated alkanes) is 1. The third-order valence-corrected chi connectivity index (χ3v) is 4.92. The van der Waals surface area contributed by atoms with Gasteiger partial charge in [0.15, 0.2) is 4.67 Å². The second-order valence-electron chi connectivity index (χ2n) is 4.81. The number of ether oxygens (including phenoxy) is 1. The van der Waals surface area contributed by atoms with E-state index in [1.165, 1.54) is 0 Å². The number of primary sulfonamides is 1. The summed E-state index contributed by atoms with van der Waals surface area (Å²) < 4.78 is 32.6. The average Bonchev–Trinajstić information content (AvgIpc) is 2.81. The third-order valence-electron chi connectivity index (χ3n) is 3.16. The minimum absolute atomic E-state index is 0.102. The molecule has 0 radical (unpaired) electrons. The number of carbonyl (C=O) groups is 1. The van der Waals surface area contributed by atoms with Crippen LogP contribution in [0, 0.1) is 5.92 Å². The van der Waals surface area contributed by atoms with E-state index < -0.39 is 16.0 Å². The molecule has 0 aliphatic carbocycles. The summed E-state index contributed by atoms with van der Waals surface area (Å²) in [6.07, 6.45) is 4.08. The Morgan fingerprint density at radius 1 is 1.48 bits per heavy atom. The number of sulfonamides is 1. The van der Waals surface area contributed by atoms with E-state index in [2.05, 4.69) is 22.9 Å². The van der Waals surface area contributed by atoms with Crippen molar-refractivity contribution in [1.29, 1.82) is 0 Å². The molecular weight excluding hydrogens is 362 g/mol. The Labute approximate surface area is 133 Å². The fourth-order valence-corrected chi connectivity index (χ4v) is 3.31. The van der Waals surface area contributed by atoms with Crippen molar-refractivity contribution in [3.05, 3.63) is 16.5 Å². The molecule has 0 aromatic carbocycles. The molecule has 0 saturated heterocycles. The van der Waals surface area contributed by atoms with Gasteiger partial charge in [-0.2, -0.15) is 0 Å². The summed E-state index contributed by atoms with van der Waals surface area (Å²) in [4.78, 5) is 11.6. The van der Waals surface area contributed by atoms with Gasteiger partial charge in [-0.1, -0.05) is 33.1 Å². The Kier molecular flexibility index (Phi) is 6.89. The van der Waals surface area contributed by atoms with E-state index in [1.54, 1.807) is 0 Å². The van der Waals surface area contributed by atoms with E-state index in [0.29, 0.717) is 12.5 Å². The van der Waals surface area contributed by atoms with Crippen molar-refractivity contribution in [2.75, 3.05) is 6.61 Å². The van der Waals surface area contributed by atoms with E-state index in [9.17, 15) is 13.2 Å². The quantitative estimate of drug-likeness (QED) is 0.697. The molecule has 8 heteroatoms. The summed E-state index contributed by atoms with van der Waals surface area (Å²) in [7, 11) is -3.94. The first kappa shape index (κ1) is 18.2. The van der Waals surface area contributed by atoms with Crippen molar-refractivity contribution < 1.29 is 22.4 Å². The zero-order chi connectivity index (χ0) is 16.0. The zero-order valence-electron chi connectivity index (χ0n) is 12.1. The number of hydrogen-bond donors (Lipinski definition) is 1. The summed E-state index contributed by atoms with van der Waals surface area (Å²) in [6, 6.07) is 1.06. The molecule has 0 saturated carbocycles. The highest BCUT2D eigenvalue weighted by atomic mass is 79.9. The molecule has 0 aliphatic rings. The van der Waals surface area contributed by atoms with E-state index >= 15 is 0 Å². The van der Waals surface area contributed by atoms with Crippen LogP contribution in [0.5, 0.6) is 0 Å². The van der Waals surface area contributed by atoms with Crippen molar-refractivity contribution in [1.82, 2.24) is 0 Å². The number of hydrogen-bond acceptors (Lipinski definition) is 5.